The molecule has 2 amide bonds. The third-order valence-electron chi connectivity index (χ3n) is 4.16. The summed E-state index contributed by atoms with van der Waals surface area (Å²) < 4.78 is 48.8. The number of benzene rings is 2. The van der Waals surface area contributed by atoms with Gasteiger partial charge in [-0.25, -0.2) is 9.69 Å². The molecule has 1 aliphatic rings. The van der Waals surface area contributed by atoms with Crippen molar-refractivity contribution in [3.8, 4) is 5.75 Å². The minimum atomic E-state index is -4.53. The van der Waals surface area contributed by atoms with Crippen LogP contribution in [0.5, 0.6) is 5.75 Å². The number of fused-ring (bicyclic) bond motifs is 1. The molecule has 0 N–H and O–H groups in total. The summed E-state index contributed by atoms with van der Waals surface area (Å²) in [5, 5.41) is 0.294. The van der Waals surface area contributed by atoms with Gasteiger partial charge >= 0.3 is 12.3 Å². The number of ether oxygens (including phenoxy) is 2. The van der Waals surface area contributed by atoms with Crippen LogP contribution in [0.25, 0.3) is 11.6 Å². The fraction of sp³-hybridized carbons (Fsp3) is 0.273. The predicted octanol–water partition coefficient (Wildman–Crippen LogP) is 6.87. The molecular formula is C22H18BrClF3NO4. The maximum atomic E-state index is 13.2. The van der Waals surface area contributed by atoms with Crippen LogP contribution in [0.15, 0.2) is 40.9 Å². The number of carbonyl (C=O) groups is 2. The second kappa shape index (κ2) is 8.78. The summed E-state index contributed by atoms with van der Waals surface area (Å²) in [5.74, 6) is -0.768. The highest BCUT2D eigenvalue weighted by Gasteiger charge is 2.39. The van der Waals surface area contributed by atoms with Gasteiger partial charge in [-0.2, -0.15) is 13.2 Å². The van der Waals surface area contributed by atoms with Crippen molar-refractivity contribution in [1.82, 2.24) is 0 Å². The molecule has 10 heteroatoms. The lowest BCUT2D eigenvalue weighted by Gasteiger charge is -2.23. The molecule has 0 saturated carbocycles. The molecule has 0 spiro atoms. The quantitative estimate of drug-likeness (QED) is 0.405. The Kier molecular flexibility index (Phi) is 6.62. The SMILES string of the molecule is CC(C)(C)OC(=O)N1C(=O)/C(=C/c2cc(Br)ccc2OCC(F)(F)F)c2ccc(Cl)cc21. The van der Waals surface area contributed by atoms with Gasteiger partial charge < -0.3 is 9.47 Å². The Hall–Kier alpha value is -2.52. The first kappa shape index (κ1) is 24.1. The fourth-order valence-corrected chi connectivity index (χ4v) is 3.51. The number of hydrogen-bond acceptors (Lipinski definition) is 4. The Morgan fingerprint density at radius 2 is 1.84 bits per heavy atom. The molecule has 0 aromatic heterocycles. The first-order chi connectivity index (χ1) is 14.7. The highest BCUT2D eigenvalue weighted by Crippen LogP contribution is 2.41. The van der Waals surface area contributed by atoms with Crippen molar-refractivity contribution in [2.45, 2.75) is 32.5 Å². The molecule has 3 rings (SSSR count). The zero-order chi connectivity index (χ0) is 23.8. The third kappa shape index (κ3) is 5.63. The van der Waals surface area contributed by atoms with Crippen LogP contribution in [-0.2, 0) is 9.53 Å². The molecule has 0 bridgehead atoms. The van der Waals surface area contributed by atoms with Crippen LogP contribution in [0.1, 0.15) is 31.9 Å². The molecule has 2 aromatic rings. The summed E-state index contributed by atoms with van der Waals surface area (Å²) in [5.41, 5.74) is 0.0463. The monoisotopic (exact) mass is 531 g/mol. The Morgan fingerprint density at radius 3 is 2.47 bits per heavy atom. The van der Waals surface area contributed by atoms with Crippen molar-refractivity contribution < 1.29 is 32.2 Å². The van der Waals surface area contributed by atoms with E-state index in [1.54, 1.807) is 32.9 Å². The van der Waals surface area contributed by atoms with E-state index in [9.17, 15) is 22.8 Å². The topological polar surface area (TPSA) is 55.8 Å². The standard InChI is InChI=1S/C22H18BrClF3NO4/c1-21(2,3)32-20(30)28-17-10-14(24)5-6-15(17)16(19(28)29)9-12-8-13(23)4-7-18(12)31-11-22(25,26)27/h4-10H,11H2,1-3H3/b16-9+. The number of anilines is 1. The number of amides is 2. The maximum absolute atomic E-state index is 13.2. The molecule has 0 fully saturated rings. The summed E-state index contributed by atoms with van der Waals surface area (Å²) >= 11 is 9.34. The van der Waals surface area contributed by atoms with Crippen LogP contribution in [0.2, 0.25) is 5.02 Å². The summed E-state index contributed by atoms with van der Waals surface area (Å²) in [7, 11) is 0. The van der Waals surface area contributed by atoms with Gasteiger partial charge in [-0.3, -0.25) is 4.79 Å². The molecule has 0 aliphatic carbocycles. The molecule has 0 unspecified atom stereocenters. The van der Waals surface area contributed by atoms with Gasteiger partial charge in [0.05, 0.1) is 11.3 Å². The third-order valence-corrected chi connectivity index (χ3v) is 4.89. The Labute approximate surface area is 195 Å². The summed E-state index contributed by atoms with van der Waals surface area (Å²) in [6, 6.07) is 8.93. The Bertz CT molecular complexity index is 1110. The summed E-state index contributed by atoms with van der Waals surface area (Å²) in [6.07, 6.45) is -4.05. The van der Waals surface area contributed by atoms with Crippen molar-refractivity contribution in [3.05, 3.63) is 57.0 Å². The molecule has 32 heavy (non-hydrogen) atoms. The Morgan fingerprint density at radius 1 is 1.16 bits per heavy atom. The van der Waals surface area contributed by atoms with Gasteiger partial charge in [0.15, 0.2) is 6.61 Å². The van der Waals surface area contributed by atoms with Crippen LogP contribution >= 0.6 is 27.5 Å². The molecule has 170 valence electrons. The normalized spacial score (nSPS) is 15.2. The van der Waals surface area contributed by atoms with Gasteiger partial charge in [0.25, 0.3) is 5.91 Å². The second-order valence-electron chi connectivity index (χ2n) is 7.93. The molecular weight excluding hydrogens is 515 g/mol. The fourth-order valence-electron chi connectivity index (χ4n) is 2.97. The first-order valence-corrected chi connectivity index (χ1v) is 10.5. The summed E-state index contributed by atoms with van der Waals surface area (Å²) in [6.45, 7) is 3.49. The number of rotatable bonds is 3. The van der Waals surface area contributed by atoms with E-state index in [-0.39, 0.29) is 22.6 Å². The number of carbonyl (C=O) groups excluding carboxylic acids is 2. The Balaban J connectivity index is 2.08. The van der Waals surface area contributed by atoms with Gasteiger partial charge in [0, 0.05) is 20.6 Å². The van der Waals surface area contributed by atoms with Crippen molar-refractivity contribution in [1.29, 1.82) is 0 Å². The van der Waals surface area contributed by atoms with E-state index in [1.807, 2.05) is 0 Å². The second-order valence-corrected chi connectivity index (χ2v) is 9.28. The molecule has 0 saturated heterocycles. The average Bonchev–Trinajstić information content (AvgIpc) is 2.90. The van der Waals surface area contributed by atoms with E-state index < -0.39 is 30.4 Å². The van der Waals surface area contributed by atoms with E-state index in [4.69, 9.17) is 21.1 Å². The van der Waals surface area contributed by atoms with Gasteiger partial charge in [-0.05, 0) is 57.2 Å². The molecule has 2 aromatic carbocycles. The minimum Gasteiger partial charge on any atom is -0.483 e. The smallest absolute Gasteiger partial charge is 0.422 e. The highest BCUT2D eigenvalue weighted by molar-refractivity contribution is 9.10. The van der Waals surface area contributed by atoms with E-state index in [0.717, 1.165) is 4.90 Å². The summed E-state index contributed by atoms with van der Waals surface area (Å²) in [4.78, 5) is 26.8. The van der Waals surface area contributed by atoms with Crippen LogP contribution in [0.4, 0.5) is 23.7 Å². The number of alkyl halides is 3. The zero-order valence-electron chi connectivity index (χ0n) is 17.2. The number of imide groups is 1. The van der Waals surface area contributed by atoms with Crippen molar-refractivity contribution in [3.63, 3.8) is 0 Å². The van der Waals surface area contributed by atoms with Crippen LogP contribution < -0.4 is 9.64 Å². The van der Waals surface area contributed by atoms with Gasteiger partial charge in [0.2, 0.25) is 0 Å². The largest absolute Gasteiger partial charge is 0.483 e. The van der Waals surface area contributed by atoms with Gasteiger partial charge in [0.1, 0.15) is 11.4 Å². The molecule has 0 atom stereocenters. The van der Waals surface area contributed by atoms with Crippen LogP contribution in [0, 0.1) is 0 Å². The van der Waals surface area contributed by atoms with Gasteiger partial charge in [-0.15, -0.1) is 0 Å². The lowest BCUT2D eigenvalue weighted by Crippen LogP contribution is -2.38. The average molecular weight is 533 g/mol. The molecule has 0 radical (unpaired) electrons. The van der Waals surface area contributed by atoms with E-state index in [0.29, 0.717) is 15.1 Å². The zero-order valence-corrected chi connectivity index (χ0v) is 19.6. The lowest BCUT2D eigenvalue weighted by molar-refractivity contribution is -0.153. The van der Waals surface area contributed by atoms with Crippen LogP contribution in [-0.4, -0.2) is 30.4 Å². The molecule has 1 aliphatic heterocycles. The minimum absolute atomic E-state index is 0.0722. The van der Waals surface area contributed by atoms with Crippen LogP contribution in [0.3, 0.4) is 0 Å². The highest BCUT2D eigenvalue weighted by atomic mass is 79.9. The lowest BCUT2D eigenvalue weighted by atomic mass is 10.0. The number of hydrogen-bond donors (Lipinski definition) is 0. The van der Waals surface area contributed by atoms with Crippen molar-refractivity contribution in [2.75, 3.05) is 11.5 Å². The first-order valence-electron chi connectivity index (χ1n) is 9.33. The van der Waals surface area contributed by atoms with Gasteiger partial charge in [-0.1, -0.05) is 33.6 Å². The van der Waals surface area contributed by atoms with E-state index >= 15 is 0 Å². The van der Waals surface area contributed by atoms with Crippen molar-refractivity contribution >= 4 is 56.9 Å². The van der Waals surface area contributed by atoms with E-state index in [2.05, 4.69) is 15.9 Å². The van der Waals surface area contributed by atoms with E-state index in [1.165, 1.54) is 30.3 Å². The molecule has 1 heterocycles. The molecule has 5 nitrogen and oxygen atoms in total. The predicted molar refractivity (Wildman–Crippen MR) is 119 cm³/mol. The number of halogens is 5. The maximum Gasteiger partial charge on any atom is 0.422 e. The van der Waals surface area contributed by atoms with Crippen molar-refractivity contribution in [2.24, 2.45) is 0 Å². The number of nitrogens with zero attached hydrogens (tertiary/aromatic N) is 1.